The normalized spacial score (nSPS) is 20.5. The SMILES string of the molecule is C[SiH](C)OC([C@@H](OCc1ccccc1)[C@H](OCc1ccccc1)[C@H](CC1CCCCC1)C(C)(C)C)N1CCOCC1. The lowest BCUT2D eigenvalue weighted by atomic mass is 9.69. The van der Waals surface area contributed by atoms with Crippen LogP contribution in [-0.4, -0.2) is 58.7 Å². The fourth-order valence-electron chi connectivity index (χ4n) is 6.56. The van der Waals surface area contributed by atoms with Gasteiger partial charge >= 0.3 is 0 Å². The fourth-order valence-corrected chi connectivity index (χ4v) is 7.44. The molecule has 1 heterocycles. The van der Waals surface area contributed by atoms with Crippen LogP contribution in [0.4, 0.5) is 0 Å². The molecule has 1 aliphatic carbocycles. The summed E-state index contributed by atoms with van der Waals surface area (Å²) in [5.41, 5.74) is 2.44. The summed E-state index contributed by atoms with van der Waals surface area (Å²) in [4.78, 5) is 2.46. The average molecular weight is 582 g/mol. The number of benzene rings is 2. The summed E-state index contributed by atoms with van der Waals surface area (Å²) in [6, 6.07) is 21.2. The van der Waals surface area contributed by atoms with Crippen molar-refractivity contribution in [1.82, 2.24) is 4.90 Å². The molecule has 1 saturated heterocycles. The van der Waals surface area contributed by atoms with Gasteiger partial charge < -0.3 is 18.6 Å². The molecule has 0 radical (unpaired) electrons. The van der Waals surface area contributed by atoms with Crippen molar-refractivity contribution in [3.05, 3.63) is 71.8 Å². The van der Waals surface area contributed by atoms with Crippen LogP contribution in [0.15, 0.2) is 60.7 Å². The van der Waals surface area contributed by atoms with Crippen LogP contribution in [0.3, 0.4) is 0 Å². The number of hydrogen-bond donors (Lipinski definition) is 0. The minimum Gasteiger partial charge on any atom is -0.403 e. The number of ether oxygens (including phenoxy) is 3. The Morgan fingerprint density at radius 3 is 1.85 bits per heavy atom. The molecule has 5 nitrogen and oxygen atoms in total. The van der Waals surface area contributed by atoms with Crippen LogP contribution in [0.1, 0.15) is 70.4 Å². The first-order valence-corrected chi connectivity index (χ1v) is 18.9. The maximum absolute atomic E-state index is 7.11. The third-order valence-corrected chi connectivity index (χ3v) is 9.64. The third-order valence-electron chi connectivity index (χ3n) is 8.81. The van der Waals surface area contributed by atoms with Gasteiger partial charge in [-0.05, 0) is 47.9 Å². The summed E-state index contributed by atoms with van der Waals surface area (Å²) in [7, 11) is -1.40. The second-order valence-electron chi connectivity index (χ2n) is 13.5. The standard InChI is InChI=1S/C35H55NO4Si/c1-35(2,3)31(25-28-15-9-6-10-16-28)32(38-26-29-17-11-7-12-18-29)33(39-27-30-19-13-8-14-20-30)34(40-41(4)5)36-21-23-37-24-22-36/h7-8,11-14,17-20,28,31-34,41H,6,9-10,15-16,21-27H2,1-5H3/t31-,32+,33-,34?/m0/s1. The number of morpholine rings is 1. The summed E-state index contributed by atoms with van der Waals surface area (Å²) < 4.78 is 26.9. The number of hydrogen-bond acceptors (Lipinski definition) is 5. The quantitative estimate of drug-likeness (QED) is 0.217. The molecule has 0 amide bonds. The Morgan fingerprint density at radius 1 is 0.805 bits per heavy atom. The molecule has 0 N–H and O–H groups in total. The Labute approximate surface area is 251 Å². The van der Waals surface area contributed by atoms with Crippen LogP contribution >= 0.6 is 0 Å². The molecule has 228 valence electrons. The lowest BCUT2D eigenvalue weighted by Gasteiger charge is -2.47. The molecule has 1 aliphatic heterocycles. The van der Waals surface area contributed by atoms with Crippen molar-refractivity contribution < 1.29 is 18.6 Å². The van der Waals surface area contributed by atoms with Crippen LogP contribution in [-0.2, 0) is 31.9 Å². The zero-order valence-electron chi connectivity index (χ0n) is 26.3. The summed E-state index contributed by atoms with van der Waals surface area (Å²) in [5, 5.41) is 0. The van der Waals surface area contributed by atoms with Gasteiger partial charge in [0.2, 0.25) is 0 Å². The molecule has 0 bridgehead atoms. The molecule has 2 aliphatic rings. The Kier molecular flexibility index (Phi) is 12.9. The van der Waals surface area contributed by atoms with Gasteiger partial charge in [0.1, 0.15) is 12.3 Å². The molecular weight excluding hydrogens is 526 g/mol. The van der Waals surface area contributed by atoms with E-state index >= 15 is 0 Å². The van der Waals surface area contributed by atoms with E-state index in [0.29, 0.717) is 19.1 Å². The van der Waals surface area contributed by atoms with Crippen molar-refractivity contribution in [3.63, 3.8) is 0 Å². The molecule has 0 spiro atoms. The minimum absolute atomic E-state index is 0.0535. The van der Waals surface area contributed by atoms with Crippen LogP contribution in [0.5, 0.6) is 0 Å². The van der Waals surface area contributed by atoms with E-state index < -0.39 is 9.04 Å². The molecule has 2 aromatic carbocycles. The van der Waals surface area contributed by atoms with Gasteiger partial charge in [0, 0.05) is 13.1 Å². The summed E-state index contributed by atoms with van der Waals surface area (Å²) in [5.74, 6) is 1.07. The third kappa shape index (κ3) is 10.3. The lowest BCUT2D eigenvalue weighted by molar-refractivity contribution is -0.198. The van der Waals surface area contributed by atoms with E-state index in [1.165, 1.54) is 49.7 Å². The highest BCUT2D eigenvalue weighted by atomic mass is 28.3. The Hall–Kier alpha value is -1.54. The summed E-state index contributed by atoms with van der Waals surface area (Å²) in [6.45, 7) is 16.0. The Morgan fingerprint density at radius 2 is 1.34 bits per heavy atom. The van der Waals surface area contributed by atoms with Gasteiger partial charge in [-0.15, -0.1) is 0 Å². The first-order valence-electron chi connectivity index (χ1n) is 16.1. The van der Waals surface area contributed by atoms with Crippen LogP contribution in [0.25, 0.3) is 0 Å². The molecule has 0 aromatic heterocycles. The van der Waals surface area contributed by atoms with Crippen molar-refractivity contribution >= 4 is 9.04 Å². The van der Waals surface area contributed by atoms with Crippen molar-refractivity contribution in [1.29, 1.82) is 0 Å². The molecule has 6 heteroatoms. The molecule has 2 aromatic rings. The monoisotopic (exact) mass is 581 g/mol. The van der Waals surface area contributed by atoms with Crippen LogP contribution < -0.4 is 0 Å². The largest absolute Gasteiger partial charge is 0.403 e. The van der Waals surface area contributed by atoms with Gasteiger partial charge in [-0.1, -0.05) is 114 Å². The summed E-state index contributed by atoms with van der Waals surface area (Å²) in [6.07, 6.45) is 7.41. The van der Waals surface area contributed by atoms with E-state index in [1.54, 1.807) is 0 Å². The van der Waals surface area contributed by atoms with E-state index in [1.807, 2.05) is 0 Å². The second-order valence-corrected chi connectivity index (χ2v) is 15.8. The molecule has 2 fully saturated rings. The maximum atomic E-state index is 7.11. The van der Waals surface area contributed by atoms with Crippen molar-refractivity contribution in [2.45, 2.75) is 104 Å². The zero-order chi connectivity index (χ0) is 29.1. The predicted molar refractivity (Wildman–Crippen MR) is 170 cm³/mol. The van der Waals surface area contributed by atoms with Gasteiger partial charge in [0.25, 0.3) is 0 Å². The molecule has 1 saturated carbocycles. The molecule has 4 atom stereocenters. The van der Waals surface area contributed by atoms with E-state index in [0.717, 1.165) is 32.2 Å². The lowest BCUT2D eigenvalue weighted by Crippen LogP contribution is -2.58. The van der Waals surface area contributed by atoms with Gasteiger partial charge in [-0.25, -0.2) is 0 Å². The van der Waals surface area contributed by atoms with Crippen molar-refractivity contribution in [3.8, 4) is 0 Å². The smallest absolute Gasteiger partial charge is 0.173 e. The fraction of sp³-hybridized carbons (Fsp3) is 0.657. The number of nitrogens with zero attached hydrogens (tertiary/aromatic N) is 1. The van der Waals surface area contributed by atoms with E-state index in [9.17, 15) is 0 Å². The van der Waals surface area contributed by atoms with Gasteiger partial charge in [-0.3, -0.25) is 4.90 Å². The second kappa shape index (κ2) is 16.3. The van der Waals surface area contributed by atoms with Gasteiger partial charge in [0.15, 0.2) is 9.04 Å². The van der Waals surface area contributed by atoms with Crippen LogP contribution in [0, 0.1) is 17.3 Å². The van der Waals surface area contributed by atoms with E-state index in [4.69, 9.17) is 18.6 Å². The maximum Gasteiger partial charge on any atom is 0.173 e. The highest BCUT2D eigenvalue weighted by molar-refractivity contribution is 6.48. The molecule has 4 rings (SSSR count). The van der Waals surface area contributed by atoms with E-state index in [2.05, 4.69) is 99.4 Å². The first-order chi connectivity index (χ1) is 19.8. The van der Waals surface area contributed by atoms with Gasteiger partial charge in [0.05, 0.1) is 32.5 Å². The van der Waals surface area contributed by atoms with E-state index in [-0.39, 0.29) is 23.9 Å². The average Bonchev–Trinajstić information content (AvgIpc) is 2.98. The predicted octanol–water partition coefficient (Wildman–Crippen LogP) is 7.45. The zero-order valence-corrected chi connectivity index (χ0v) is 27.5. The van der Waals surface area contributed by atoms with Gasteiger partial charge in [-0.2, -0.15) is 0 Å². The number of rotatable bonds is 14. The summed E-state index contributed by atoms with van der Waals surface area (Å²) >= 11 is 0. The first kappa shape index (κ1) is 32.4. The topological polar surface area (TPSA) is 40.2 Å². The molecule has 1 unspecified atom stereocenters. The Bertz CT molecular complexity index is 971. The highest BCUT2D eigenvalue weighted by Gasteiger charge is 2.45. The Balaban J connectivity index is 1.72. The molecule has 41 heavy (non-hydrogen) atoms. The highest BCUT2D eigenvalue weighted by Crippen LogP contribution is 2.42. The minimum atomic E-state index is -1.40. The van der Waals surface area contributed by atoms with Crippen molar-refractivity contribution in [2.24, 2.45) is 17.3 Å². The van der Waals surface area contributed by atoms with Crippen LogP contribution in [0.2, 0.25) is 13.1 Å². The molecular formula is C35H55NO4Si. The van der Waals surface area contributed by atoms with Crippen molar-refractivity contribution in [2.75, 3.05) is 26.3 Å².